The third-order valence-electron chi connectivity index (χ3n) is 5.85. The number of carbonyl (C=O) groups excluding carboxylic acids is 2. The highest BCUT2D eigenvalue weighted by molar-refractivity contribution is 6.30. The number of aromatic nitrogens is 3. The van der Waals surface area contributed by atoms with Crippen LogP contribution in [0.3, 0.4) is 0 Å². The van der Waals surface area contributed by atoms with Gasteiger partial charge in [-0.25, -0.2) is 4.79 Å². The van der Waals surface area contributed by atoms with Gasteiger partial charge in [0.25, 0.3) is 0 Å². The Morgan fingerprint density at radius 1 is 1.33 bits per heavy atom. The Bertz CT molecular complexity index is 956. The van der Waals surface area contributed by atoms with Crippen LogP contribution < -0.4 is 10.6 Å². The highest BCUT2D eigenvalue weighted by atomic mass is 35.5. The number of hydrogen-bond acceptors (Lipinski definition) is 5. The van der Waals surface area contributed by atoms with Gasteiger partial charge in [-0.05, 0) is 57.6 Å². The van der Waals surface area contributed by atoms with Crippen molar-refractivity contribution < 1.29 is 14.3 Å². The Kier molecular flexibility index (Phi) is 5.69. The number of aryl methyl sites for hydroxylation is 1. The fourth-order valence-corrected chi connectivity index (χ4v) is 3.98. The van der Waals surface area contributed by atoms with Crippen LogP contribution in [0.4, 0.5) is 10.6 Å². The summed E-state index contributed by atoms with van der Waals surface area (Å²) in [6.07, 6.45) is 5.73. The van der Waals surface area contributed by atoms with Crippen molar-refractivity contribution in [2.75, 3.05) is 5.32 Å². The molecule has 0 aliphatic heterocycles. The lowest BCUT2D eigenvalue weighted by Crippen LogP contribution is -2.36. The average Bonchev–Trinajstić information content (AvgIpc) is 3.07. The third kappa shape index (κ3) is 5.11. The SMILES string of the molecule is Cc1cc(Cl)cnc1CC(=O)Nc1cc([C@H]2CC[C@@H](OC(=O)NC3(C)CC3)C2)[nH]n1. The Morgan fingerprint density at radius 3 is 2.87 bits per heavy atom. The Morgan fingerprint density at radius 2 is 2.13 bits per heavy atom. The predicted octanol–water partition coefficient (Wildman–Crippen LogP) is 3.86. The van der Waals surface area contributed by atoms with E-state index in [2.05, 4.69) is 25.8 Å². The second-order valence-electron chi connectivity index (χ2n) is 8.57. The molecule has 0 bridgehead atoms. The minimum atomic E-state index is -0.329. The number of rotatable bonds is 6. The average molecular weight is 432 g/mol. The molecule has 0 spiro atoms. The van der Waals surface area contributed by atoms with Crippen LogP contribution in [0.1, 0.15) is 61.9 Å². The monoisotopic (exact) mass is 431 g/mol. The number of nitrogens with zero attached hydrogens (tertiary/aromatic N) is 2. The van der Waals surface area contributed by atoms with E-state index in [9.17, 15) is 9.59 Å². The summed E-state index contributed by atoms with van der Waals surface area (Å²) in [6, 6.07) is 3.63. The summed E-state index contributed by atoms with van der Waals surface area (Å²) in [4.78, 5) is 28.6. The first-order chi connectivity index (χ1) is 14.3. The Hall–Kier alpha value is -2.61. The van der Waals surface area contributed by atoms with Gasteiger partial charge in [0.1, 0.15) is 6.10 Å². The van der Waals surface area contributed by atoms with Crippen molar-refractivity contribution in [3.05, 3.63) is 40.3 Å². The zero-order valence-electron chi connectivity index (χ0n) is 17.1. The number of nitrogens with one attached hydrogen (secondary N) is 3. The van der Waals surface area contributed by atoms with E-state index in [0.29, 0.717) is 16.5 Å². The maximum absolute atomic E-state index is 12.3. The number of pyridine rings is 1. The maximum Gasteiger partial charge on any atom is 0.407 e. The van der Waals surface area contributed by atoms with E-state index >= 15 is 0 Å². The van der Waals surface area contributed by atoms with Crippen molar-refractivity contribution in [3.63, 3.8) is 0 Å². The zero-order chi connectivity index (χ0) is 21.3. The van der Waals surface area contributed by atoms with Crippen LogP contribution in [0, 0.1) is 6.92 Å². The van der Waals surface area contributed by atoms with E-state index in [0.717, 1.165) is 43.4 Å². The molecule has 2 aliphatic carbocycles. The largest absolute Gasteiger partial charge is 0.446 e. The highest BCUT2D eigenvalue weighted by Gasteiger charge is 2.40. The quantitative estimate of drug-likeness (QED) is 0.643. The normalized spacial score (nSPS) is 21.8. The van der Waals surface area contributed by atoms with Crippen LogP contribution in [-0.4, -0.2) is 38.8 Å². The second-order valence-corrected chi connectivity index (χ2v) is 9.01. The molecule has 2 amide bonds. The molecule has 4 rings (SSSR count). The number of H-pyrrole nitrogens is 1. The molecule has 0 radical (unpaired) electrons. The van der Waals surface area contributed by atoms with Crippen LogP contribution in [0.5, 0.6) is 0 Å². The predicted molar refractivity (Wildman–Crippen MR) is 113 cm³/mol. The van der Waals surface area contributed by atoms with Crippen LogP contribution in [0.2, 0.25) is 5.02 Å². The third-order valence-corrected chi connectivity index (χ3v) is 6.06. The smallest absolute Gasteiger partial charge is 0.407 e. The molecule has 0 aromatic carbocycles. The molecule has 2 saturated carbocycles. The number of carbonyl (C=O) groups is 2. The fraction of sp³-hybridized carbons (Fsp3) is 0.524. The highest BCUT2D eigenvalue weighted by Crippen LogP contribution is 2.37. The first kappa shape index (κ1) is 20.7. The van der Waals surface area contributed by atoms with Gasteiger partial charge in [0.05, 0.1) is 17.1 Å². The summed E-state index contributed by atoms with van der Waals surface area (Å²) in [5, 5.41) is 13.5. The standard InChI is InChI=1S/C21H26ClN5O3/c1-12-7-14(22)11-23-16(12)10-19(28)24-18-9-17(26-27-18)13-3-4-15(8-13)30-20(29)25-21(2)5-6-21/h7,9,11,13,15H,3-6,8,10H2,1-2H3,(H,25,29)(H2,24,26,27,28)/t13-,15+/m0/s1. The van der Waals surface area contributed by atoms with Crippen molar-refractivity contribution in [2.45, 2.75) is 69.9 Å². The van der Waals surface area contributed by atoms with Crippen LogP contribution in [-0.2, 0) is 16.0 Å². The zero-order valence-corrected chi connectivity index (χ0v) is 17.9. The molecule has 0 unspecified atom stereocenters. The van der Waals surface area contributed by atoms with Crippen molar-refractivity contribution in [3.8, 4) is 0 Å². The van der Waals surface area contributed by atoms with Crippen LogP contribution in [0.15, 0.2) is 18.3 Å². The molecule has 2 heterocycles. The molecule has 2 fully saturated rings. The topological polar surface area (TPSA) is 109 Å². The van der Waals surface area contributed by atoms with E-state index in [1.807, 2.05) is 19.9 Å². The van der Waals surface area contributed by atoms with E-state index in [4.69, 9.17) is 16.3 Å². The minimum Gasteiger partial charge on any atom is -0.446 e. The van der Waals surface area contributed by atoms with Gasteiger partial charge in [0.2, 0.25) is 5.91 Å². The molecular formula is C21H26ClN5O3. The van der Waals surface area contributed by atoms with Crippen molar-refractivity contribution in [1.82, 2.24) is 20.5 Å². The van der Waals surface area contributed by atoms with Gasteiger partial charge < -0.3 is 15.4 Å². The minimum absolute atomic E-state index is 0.0777. The van der Waals surface area contributed by atoms with Crippen LogP contribution >= 0.6 is 11.6 Å². The molecular weight excluding hydrogens is 406 g/mol. The number of amides is 2. The lowest BCUT2D eigenvalue weighted by molar-refractivity contribution is -0.115. The Labute approximate surface area is 180 Å². The van der Waals surface area contributed by atoms with E-state index in [-0.39, 0.29) is 36.0 Å². The van der Waals surface area contributed by atoms with Gasteiger partial charge in [-0.3, -0.25) is 14.9 Å². The van der Waals surface area contributed by atoms with Crippen LogP contribution in [0.25, 0.3) is 0 Å². The van der Waals surface area contributed by atoms with Gasteiger partial charge in [0.15, 0.2) is 5.82 Å². The van der Waals surface area contributed by atoms with Crippen molar-refractivity contribution >= 4 is 29.4 Å². The summed E-state index contributed by atoms with van der Waals surface area (Å²) in [5.74, 6) is 0.506. The van der Waals surface area contributed by atoms with Crippen molar-refractivity contribution in [1.29, 1.82) is 0 Å². The van der Waals surface area contributed by atoms with Gasteiger partial charge in [0, 0.05) is 29.4 Å². The summed E-state index contributed by atoms with van der Waals surface area (Å²) >= 11 is 5.91. The van der Waals surface area contributed by atoms with Gasteiger partial charge in [-0.2, -0.15) is 5.10 Å². The lowest BCUT2D eigenvalue weighted by atomic mass is 10.0. The lowest BCUT2D eigenvalue weighted by Gasteiger charge is -2.16. The summed E-state index contributed by atoms with van der Waals surface area (Å²) in [5.41, 5.74) is 2.41. The molecule has 30 heavy (non-hydrogen) atoms. The van der Waals surface area contributed by atoms with Gasteiger partial charge in [-0.1, -0.05) is 11.6 Å². The number of aromatic amines is 1. The molecule has 2 aliphatic rings. The van der Waals surface area contributed by atoms with E-state index in [1.54, 1.807) is 6.07 Å². The molecule has 2 atom stereocenters. The van der Waals surface area contributed by atoms with Gasteiger partial charge in [-0.15, -0.1) is 0 Å². The summed E-state index contributed by atoms with van der Waals surface area (Å²) < 4.78 is 5.57. The molecule has 0 saturated heterocycles. The van der Waals surface area contributed by atoms with Gasteiger partial charge >= 0.3 is 6.09 Å². The molecule has 2 aromatic heterocycles. The first-order valence-electron chi connectivity index (χ1n) is 10.2. The molecule has 160 valence electrons. The number of ether oxygens (including phenoxy) is 1. The van der Waals surface area contributed by atoms with Crippen molar-refractivity contribution in [2.24, 2.45) is 0 Å². The number of alkyl carbamates (subject to hydrolysis) is 1. The summed E-state index contributed by atoms with van der Waals surface area (Å²) in [6.45, 7) is 3.90. The molecule has 2 aromatic rings. The van der Waals surface area contributed by atoms with E-state index < -0.39 is 0 Å². The number of anilines is 1. The summed E-state index contributed by atoms with van der Waals surface area (Å²) in [7, 11) is 0. The Balaban J connectivity index is 1.27. The number of hydrogen-bond donors (Lipinski definition) is 3. The molecule has 9 heteroatoms. The molecule has 8 nitrogen and oxygen atoms in total. The molecule has 3 N–H and O–H groups in total. The first-order valence-corrected chi connectivity index (χ1v) is 10.6. The second kappa shape index (κ2) is 8.26. The maximum atomic E-state index is 12.3. The number of halogens is 1. The fourth-order valence-electron chi connectivity index (χ4n) is 3.77. The van der Waals surface area contributed by atoms with E-state index in [1.165, 1.54) is 6.20 Å².